The van der Waals surface area contributed by atoms with E-state index in [2.05, 4.69) is 16.2 Å². The third-order valence-corrected chi connectivity index (χ3v) is 5.20. The number of carbonyl (C=O) groups is 3. The number of ketones is 1. The lowest BCUT2D eigenvalue weighted by molar-refractivity contribution is -0.121. The monoisotopic (exact) mass is 438 g/mol. The van der Waals surface area contributed by atoms with Gasteiger partial charge in [0, 0.05) is 18.3 Å². The van der Waals surface area contributed by atoms with Gasteiger partial charge in [0.15, 0.2) is 0 Å². The summed E-state index contributed by atoms with van der Waals surface area (Å²) in [6, 6.07) is 15.3. The summed E-state index contributed by atoms with van der Waals surface area (Å²) in [5, 5.41) is 3.00. The van der Waals surface area contributed by atoms with Gasteiger partial charge in [0.2, 0.25) is 11.7 Å². The number of hydrogen-bond donors (Lipinski definition) is 3. The minimum Gasteiger partial charge on any atom is -0.344 e. The lowest BCUT2D eigenvalue weighted by Crippen LogP contribution is -2.44. The van der Waals surface area contributed by atoms with Gasteiger partial charge >= 0.3 is 6.03 Å². The van der Waals surface area contributed by atoms with Gasteiger partial charge in [-0.15, -0.1) is 0 Å². The van der Waals surface area contributed by atoms with E-state index in [9.17, 15) is 14.4 Å². The summed E-state index contributed by atoms with van der Waals surface area (Å²) < 4.78 is 1.68. The van der Waals surface area contributed by atoms with Gasteiger partial charge in [-0.1, -0.05) is 53.6 Å². The van der Waals surface area contributed by atoms with Crippen LogP contribution >= 0.6 is 11.6 Å². The number of hydrogen-bond acceptors (Lipinski definition) is 3. The molecule has 3 N–H and O–H groups in total. The third-order valence-electron chi connectivity index (χ3n) is 4.89. The molecule has 7 nitrogen and oxygen atoms in total. The Hall–Kier alpha value is -3.58. The molecule has 0 aliphatic rings. The van der Waals surface area contributed by atoms with Gasteiger partial charge in [-0.25, -0.2) is 10.2 Å². The molecule has 160 valence electrons. The Labute approximate surface area is 185 Å². The zero-order valence-corrected chi connectivity index (χ0v) is 18.2. The molecule has 1 heterocycles. The average molecular weight is 439 g/mol. The number of para-hydroxylation sites is 1. The molecule has 3 aromatic rings. The summed E-state index contributed by atoms with van der Waals surface area (Å²) in [5.74, 6) is -0.552. The van der Waals surface area contributed by atoms with Crippen LogP contribution in [0.3, 0.4) is 0 Å². The van der Waals surface area contributed by atoms with Gasteiger partial charge in [-0.2, -0.15) is 0 Å². The van der Waals surface area contributed by atoms with Gasteiger partial charge in [-0.05, 0) is 37.6 Å². The van der Waals surface area contributed by atoms with E-state index in [1.165, 1.54) is 0 Å². The Balaban J connectivity index is 1.58. The van der Waals surface area contributed by atoms with Crippen LogP contribution in [0.25, 0.3) is 0 Å². The normalized spacial score (nSPS) is 10.5. The Bertz CT molecular complexity index is 1120. The number of benzene rings is 2. The van der Waals surface area contributed by atoms with Crippen molar-refractivity contribution >= 4 is 35.0 Å². The SMILES string of the molecule is Cc1ccc(C(=O)c2ccc(CC(=O)NNC(=O)Nc3c(C)cccc3Cl)n2C)cc1. The molecule has 31 heavy (non-hydrogen) atoms. The number of aryl methyl sites for hydroxylation is 2. The Morgan fingerprint density at radius 2 is 1.65 bits per heavy atom. The number of urea groups is 1. The van der Waals surface area contributed by atoms with Crippen LogP contribution in [0.4, 0.5) is 10.5 Å². The summed E-state index contributed by atoms with van der Waals surface area (Å²) in [5.41, 5.74) is 8.68. The molecule has 0 atom stereocenters. The lowest BCUT2D eigenvalue weighted by atomic mass is 10.1. The first kappa shape index (κ1) is 22.1. The topological polar surface area (TPSA) is 92.2 Å². The molecule has 0 saturated heterocycles. The van der Waals surface area contributed by atoms with Crippen molar-refractivity contribution in [3.05, 3.63) is 87.7 Å². The predicted octanol–water partition coefficient (Wildman–Crippen LogP) is 3.92. The number of rotatable bonds is 5. The standard InChI is InChI=1S/C23H23ClN4O3/c1-14-7-9-16(10-8-14)22(30)19-12-11-17(28(19)3)13-20(29)26-27-23(31)25-21-15(2)5-4-6-18(21)24/h4-12H,13H2,1-3H3,(H,26,29)(H2,25,27,31). The first-order valence-electron chi connectivity index (χ1n) is 9.63. The second kappa shape index (κ2) is 9.49. The van der Waals surface area contributed by atoms with Crippen molar-refractivity contribution in [2.75, 3.05) is 5.32 Å². The first-order valence-corrected chi connectivity index (χ1v) is 10.0. The van der Waals surface area contributed by atoms with E-state index < -0.39 is 11.9 Å². The molecule has 0 aliphatic carbocycles. The van der Waals surface area contributed by atoms with E-state index in [4.69, 9.17) is 11.6 Å². The average Bonchev–Trinajstić information content (AvgIpc) is 3.09. The van der Waals surface area contributed by atoms with E-state index in [0.717, 1.165) is 11.1 Å². The van der Waals surface area contributed by atoms with Gasteiger partial charge in [0.25, 0.3) is 0 Å². The van der Waals surface area contributed by atoms with Crippen molar-refractivity contribution in [3.63, 3.8) is 0 Å². The molecular formula is C23H23ClN4O3. The van der Waals surface area contributed by atoms with E-state index in [-0.39, 0.29) is 12.2 Å². The largest absolute Gasteiger partial charge is 0.344 e. The fourth-order valence-corrected chi connectivity index (χ4v) is 3.35. The number of halogens is 1. The van der Waals surface area contributed by atoms with Crippen LogP contribution in [0.1, 0.15) is 32.9 Å². The molecule has 0 fully saturated rings. The van der Waals surface area contributed by atoms with Crippen molar-refractivity contribution in [2.24, 2.45) is 7.05 Å². The van der Waals surface area contributed by atoms with Crippen molar-refractivity contribution in [1.29, 1.82) is 0 Å². The Morgan fingerprint density at radius 3 is 2.32 bits per heavy atom. The van der Waals surface area contributed by atoms with Crippen molar-refractivity contribution < 1.29 is 14.4 Å². The van der Waals surface area contributed by atoms with Crippen LogP contribution in [0, 0.1) is 13.8 Å². The molecule has 0 bridgehead atoms. The van der Waals surface area contributed by atoms with Crippen LogP contribution in [-0.4, -0.2) is 22.3 Å². The highest BCUT2D eigenvalue weighted by Gasteiger charge is 2.16. The molecule has 8 heteroatoms. The molecule has 1 aromatic heterocycles. The Morgan fingerprint density at radius 1 is 0.935 bits per heavy atom. The van der Waals surface area contributed by atoms with Gasteiger partial charge in [0.05, 0.1) is 22.8 Å². The molecule has 3 rings (SSSR count). The number of aromatic nitrogens is 1. The number of carbonyl (C=O) groups excluding carboxylic acids is 3. The lowest BCUT2D eigenvalue weighted by Gasteiger charge is -2.12. The highest BCUT2D eigenvalue weighted by Crippen LogP contribution is 2.24. The quantitative estimate of drug-likeness (QED) is 0.416. The second-order valence-corrected chi connectivity index (χ2v) is 7.61. The second-order valence-electron chi connectivity index (χ2n) is 7.20. The highest BCUT2D eigenvalue weighted by molar-refractivity contribution is 6.33. The minimum atomic E-state index is -0.619. The van der Waals surface area contributed by atoms with Gasteiger partial charge in [0.1, 0.15) is 0 Å². The maximum atomic E-state index is 12.7. The molecule has 0 aliphatic heterocycles. The summed E-state index contributed by atoms with van der Waals surface area (Å²) in [6.45, 7) is 3.77. The van der Waals surface area contributed by atoms with Crippen LogP contribution in [0.15, 0.2) is 54.6 Å². The van der Waals surface area contributed by atoms with Crippen LogP contribution < -0.4 is 16.2 Å². The molecule has 3 amide bonds. The van der Waals surface area contributed by atoms with Gasteiger partial charge in [-0.3, -0.25) is 15.0 Å². The Kier molecular flexibility index (Phi) is 6.77. The maximum absolute atomic E-state index is 12.7. The minimum absolute atomic E-state index is 0.0108. The molecule has 0 spiro atoms. The molecule has 0 saturated carbocycles. The third kappa shape index (κ3) is 5.32. The molecular weight excluding hydrogens is 416 g/mol. The van der Waals surface area contributed by atoms with E-state index >= 15 is 0 Å². The highest BCUT2D eigenvalue weighted by atomic mass is 35.5. The number of nitrogens with one attached hydrogen (secondary N) is 3. The molecule has 0 radical (unpaired) electrons. The van der Waals surface area contributed by atoms with E-state index in [1.54, 1.807) is 48.0 Å². The fraction of sp³-hybridized carbons (Fsp3) is 0.174. The predicted molar refractivity (Wildman–Crippen MR) is 120 cm³/mol. The van der Waals surface area contributed by atoms with Crippen LogP contribution in [0.2, 0.25) is 5.02 Å². The van der Waals surface area contributed by atoms with E-state index in [1.807, 2.05) is 32.0 Å². The first-order chi connectivity index (χ1) is 14.8. The van der Waals surface area contributed by atoms with Crippen molar-refractivity contribution in [2.45, 2.75) is 20.3 Å². The van der Waals surface area contributed by atoms with Crippen LogP contribution in [-0.2, 0) is 18.3 Å². The number of nitrogens with zero attached hydrogens (tertiary/aromatic N) is 1. The maximum Gasteiger partial charge on any atom is 0.337 e. The fourth-order valence-electron chi connectivity index (χ4n) is 3.08. The number of anilines is 1. The smallest absolute Gasteiger partial charge is 0.337 e. The summed E-state index contributed by atoms with van der Waals surface area (Å²) in [4.78, 5) is 37.1. The van der Waals surface area contributed by atoms with Crippen LogP contribution in [0.5, 0.6) is 0 Å². The number of hydrazine groups is 1. The van der Waals surface area contributed by atoms with E-state index in [0.29, 0.717) is 27.7 Å². The number of amides is 3. The summed E-state index contributed by atoms with van der Waals surface area (Å²) in [6.07, 6.45) is -0.0108. The van der Waals surface area contributed by atoms with Crippen molar-refractivity contribution in [1.82, 2.24) is 15.4 Å². The van der Waals surface area contributed by atoms with Crippen molar-refractivity contribution in [3.8, 4) is 0 Å². The summed E-state index contributed by atoms with van der Waals surface area (Å²) in [7, 11) is 1.73. The zero-order valence-electron chi connectivity index (χ0n) is 17.5. The zero-order chi connectivity index (χ0) is 22.5. The molecule has 2 aromatic carbocycles. The molecule has 0 unspecified atom stereocenters. The summed E-state index contributed by atoms with van der Waals surface area (Å²) >= 11 is 6.08. The van der Waals surface area contributed by atoms with Gasteiger partial charge < -0.3 is 9.88 Å².